The van der Waals surface area contributed by atoms with Gasteiger partial charge < -0.3 is 4.90 Å². The Morgan fingerprint density at radius 2 is 1.35 bits per heavy atom. The average molecular weight is 524 g/mol. The summed E-state index contributed by atoms with van der Waals surface area (Å²) in [5.41, 5.74) is 1.56. The normalized spacial score (nSPS) is 15.3. The van der Waals surface area contributed by atoms with E-state index < -0.39 is 0 Å². The maximum atomic E-state index is 11.8. The minimum atomic E-state index is 0.268. The van der Waals surface area contributed by atoms with Gasteiger partial charge >= 0.3 is 0 Å². The van der Waals surface area contributed by atoms with Crippen molar-refractivity contribution in [2.24, 2.45) is 11.8 Å². The first-order valence-electron chi connectivity index (χ1n) is 11.5. The van der Waals surface area contributed by atoms with Gasteiger partial charge in [-0.2, -0.15) is 4.52 Å². The van der Waals surface area contributed by atoms with Gasteiger partial charge in [0, 0.05) is 25.9 Å². The molecule has 0 aliphatic heterocycles. The van der Waals surface area contributed by atoms with Crippen LogP contribution in [0.15, 0.2) is 41.0 Å². The number of hydrogen-bond acceptors (Lipinski definition) is 7. The minimum absolute atomic E-state index is 0.268. The van der Waals surface area contributed by atoms with Crippen LogP contribution in [-0.2, 0) is 22.4 Å². The van der Waals surface area contributed by atoms with E-state index in [-0.39, 0.29) is 23.4 Å². The number of Topliss-reactive ketones (excluding diaryl/α,β-unsaturated/α-hetero) is 2. The Morgan fingerprint density at radius 1 is 0.853 bits per heavy atom. The molecule has 4 aromatic rings. The first-order chi connectivity index (χ1) is 16.4. The molecule has 0 atom stereocenters. The lowest BCUT2D eigenvalue weighted by molar-refractivity contribution is -0.120. The minimum Gasteiger partial charge on any atom is -0.363 e. The highest BCUT2D eigenvalue weighted by Gasteiger charge is 2.31. The van der Waals surface area contributed by atoms with Crippen LogP contribution in [0.5, 0.6) is 0 Å². The largest absolute Gasteiger partial charge is 0.363 e. The summed E-state index contributed by atoms with van der Waals surface area (Å²) in [5, 5.41) is 8.73. The molecule has 34 heavy (non-hydrogen) atoms. The molecule has 0 aromatic carbocycles. The van der Waals surface area contributed by atoms with E-state index in [0.29, 0.717) is 24.5 Å². The van der Waals surface area contributed by atoms with Crippen LogP contribution in [0.25, 0.3) is 11.3 Å². The molecule has 9 nitrogen and oxygen atoms in total. The molecule has 0 radical (unpaired) electrons. The van der Waals surface area contributed by atoms with Crippen molar-refractivity contribution < 1.29 is 9.59 Å². The molecule has 4 aromatic heterocycles. The zero-order valence-corrected chi connectivity index (χ0v) is 20.8. The smallest absolute Gasteiger partial charge is 0.159 e. The molecule has 0 unspecified atom stereocenters. The Labute approximate surface area is 205 Å². The lowest BCUT2D eigenvalue weighted by Crippen LogP contribution is -2.13. The molecule has 0 saturated heterocycles. The fourth-order valence-electron chi connectivity index (χ4n) is 3.75. The molecule has 4 heterocycles. The second-order valence-electron chi connectivity index (χ2n) is 9.06. The first-order valence-corrected chi connectivity index (χ1v) is 12.3. The van der Waals surface area contributed by atoms with Gasteiger partial charge in [-0.25, -0.2) is 14.5 Å². The van der Waals surface area contributed by atoms with Gasteiger partial charge in [-0.3, -0.25) is 9.59 Å². The van der Waals surface area contributed by atoms with E-state index in [1.807, 2.05) is 55.4 Å². The van der Waals surface area contributed by atoms with E-state index in [4.69, 9.17) is 0 Å². The Hall–Kier alpha value is -3.14. The molecule has 2 aliphatic rings. The SMILES string of the molecule is CN(C)c1cccc2nc(CC(=O)C3CC3)nn12.O=C(Cc1nc2cccc(Br)n2n1)C1CC1. The molecule has 0 N–H and O–H groups in total. The second-order valence-corrected chi connectivity index (χ2v) is 9.87. The lowest BCUT2D eigenvalue weighted by Gasteiger charge is -2.12. The first kappa shape index (κ1) is 22.6. The van der Waals surface area contributed by atoms with Crippen LogP contribution in [0, 0.1) is 11.8 Å². The topological polar surface area (TPSA) is 97.8 Å². The fraction of sp³-hybridized carbons (Fsp3) is 0.417. The Morgan fingerprint density at radius 3 is 1.85 bits per heavy atom. The number of halogens is 1. The van der Waals surface area contributed by atoms with Crippen molar-refractivity contribution >= 4 is 44.6 Å². The molecule has 6 rings (SSSR count). The van der Waals surface area contributed by atoms with Crippen LogP contribution in [0.3, 0.4) is 0 Å². The predicted octanol–water partition coefficient (Wildman–Crippen LogP) is 3.33. The third-order valence-corrected chi connectivity index (χ3v) is 6.53. The summed E-state index contributed by atoms with van der Waals surface area (Å²) in [4.78, 5) is 34.1. The van der Waals surface area contributed by atoms with Crippen LogP contribution in [0.4, 0.5) is 5.82 Å². The molecule has 2 saturated carbocycles. The maximum absolute atomic E-state index is 11.8. The summed E-state index contributed by atoms with van der Waals surface area (Å²) in [7, 11) is 3.93. The Kier molecular flexibility index (Phi) is 6.16. The van der Waals surface area contributed by atoms with E-state index in [1.165, 1.54) is 0 Å². The number of ketones is 2. The number of carbonyl (C=O) groups is 2. The molecule has 0 amide bonds. The second kappa shape index (κ2) is 9.25. The lowest BCUT2D eigenvalue weighted by atomic mass is 10.2. The van der Waals surface area contributed by atoms with Gasteiger partial charge in [0.05, 0.1) is 12.8 Å². The van der Waals surface area contributed by atoms with E-state index in [2.05, 4.69) is 36.1 Å². The fourth-order valence-corrected chi connectivity index (χ4v) is 4.17. The molecule has 0 bridgehead atoms. The third kappa shape index (κ3) is 5.01. The van der Waals surface area contributed by atoms with E-state index in [0.717, 1.165) is 47.4 Å². The molecular weight excluding hydrogens is 498 g/mol. The highest BCUT2D eigenvalue weighted by Crippen LogP contribution is 2.31. The highest BCUT2D eigenvalue weighted by molar-refractivity contribution is 9.10. The van der Waals surface area contributed by atoms with Crippen LogP contribution in [0.1, 0.15) is 37.3 Å². The third-order valence-electron chi connectivity index (χ3n) is 5.93. The molecule has 176 valence electrons. The van der Waals surface area contributed by atoms with Crippen LogP contribution < -0.4 is 4.90 Å². The van der Waals surface area contributed by atoms with Gasteiger partial charge in [-0.05, 0) is 65.9 Å². The number of fused-ring (bicyclic) bond motifs is 2. The maximum Gasteiger partial charge on any atom is 0.159 e. The van der Waals surface area contributed by atoms with Crippen LogP contribution in [-0.4, -0.2) is 54.9 Å². The summed E-state index contributed by atoms with van der Waals surface area (Å²) in [6.07, 6.45) is 4.87. The number of aromatic nitrogens is 6. The van der Waals surface area contributed by atoms with Crippen molar-refractivity contribution in [2.75, 3.05) is 19.0 Å². The van der Waals surface area contributed by atoms with Gasteiger partial charge in [0.15, 0.2) is 22.9 Å². The molecule has 0 spiro atoms. The van der Waals surface area contributed by atoms with Gasteiger partial charge in [-0.15, -0.1) is 10.2 Å². The summed E-state index contributed by atoms with van der Waals surface area (Å²) >= 11 is 3.39. The summed E-state index contributed by atoms with van der Waals surface area (Å²) in [6, 6.07) is 11.5. The standard InChI is InChI=1S/C13H16N4O.C11H10BrN3O/c1-16(2)13-5-3-4-12-14-11(15-17(12)13)8-10(18)9-6-7-9;12-9-2-1-3-11-13-10(14-15(9)11)6-8(16)7-4-5-7/h3-5,9H,6-8H2,1-2H3;1-3,7H,4-6H2. The predicted molar refractivity (Wildman–Crippen MR) is 131 cm³/mol. The van der Waals surface area contributed by atoms with Gasteiger partial charge in [0.2, 0.25) is 0 Å². The van der Waals surface area contributed by atoms with Crippen molar-refractivity contribution in [3.8, 4) is 0 Å². The number of carbonyl (C=O) groups excluding carboxylic acids is 2. The zero-order chi connectivity index (χ0) is 23.8. The van der Waals surface area contributed by atoms with Gasteiger partial charge in [0.1, 0.15) is 22.0 Å². The molecule has 10 heteroatoms. The number of nitrogens with zero attached hydrogens (tertiary/aromatic N) is 7. The monoisotopic (exact) mass is 523 g/mol. The quantitative estimate of drug-likeness (QED) is 0.342. The van der Waals surface area contributed by atoms with Gasteiger partial charge in [0.25, 0.3) is 0 Å². The zero-order valence-electron chi connectivity index (χ0n) is 19.2. The summed E-state index contributed by atoms with van der Waals surface area (Å²) in [6.45, 7) is 0. The highest BCUT2D eigenvalue weighted by atomic mass is 79.9. The summed E-state index contributed by atoms with van der Waals surface area (Å²) in [5.74, 6) is 3.29. The summed E-state index contributed by atoms with van der Waals surface area (Å²) < 4.78 is 4.34. The van der Waals surface area contributed by atoms with Crippen molar-refractivity contribution in [3.63, 3.8) is 0 Å². The van der Waals surface area contributed by atoms with E-state index >= 15 is 0 Å². The van der Waals surface area contributed by atoms with Crippen molar-refractivity contribution in [1.82, 2.24) is 29.2 Å². The van der Waals surface area contributed by atoms with Crippen molar-refractivity contribution in [3.05, 3.63) is 52.7 Å². The van der Waals surface area contributed by atoms with Crippen LogP contribution in [0.2, 0.25) is 0 Å². The molecule has 2 fully saturated rings. The van der Waals surface area contributed by atoms with E-state index in [9.17, 15) is 9.59 Å². The van der Waals surface area contributed by atoms with Crippen LogP contribution >= 0.6 is 15.9 Å². The number of anilines is 1. The van der Waals surface area contributed by atoms with Crippen molar-refractivity contribution in [1.29, 1.82) is 0 Å². The molecule has 2 aliphatic carbocycles. The van der Waals surface area contributed by atoms with Gasteiger partial charge in [-0.1, -0.05) is 12.1 Å². The molecular formula is C24H26BrN7O2. The Bertz CT molecular complexity index is 1370. The average Bonchev–Trinajstić information content (AvgIpc) is 3.73. The number of hydrogen-bond donors (Lipinski definition) is 0. The Balaban J connectivity index is 0.000000142. The van der Waals surface area contributed by atoms with E-state index in [1.54, 1.807) is 9.03 Å². The number of pyridine rings is 2. The van der Waals surface area contributed by atoms with Crippen molar-refractivity contribution in [2.45, 2.75) is 38.5 Å². The number of rotatable bonds is 7.